The van der Waals surface area contributed by atoms with E-state index < -0.39 is 0 Å². The Morgan fingerprint density at radius 3 is 1.00 bits per heavy atom. The molecule has 21 valence electrons. The average Bonchev–Trinajstić information content (AvgIpc) is 0. The summed E-state index contributed by atoms with van der Waals surface area (Å²) in [7, 11) is 0. The summed E-state index contributed by atoms with van der Waals surface area (Å²) < 4.78 is 0. The van der Waals surface area contributed by atoms with E-state index in [9.17, 15) is 0 Å². The van der Waals surface area contributed by atoms with Gasteiger partial charge in [-0.25, -0.2) is 0 Å². The summed E-state index contributed by atoms with van der Waals surface area (Å²) in [5.41, 5.74) is 0. The fourth-order valence-corrected chi connectivity index (χ4v) is 0. The second-order valence-corrected chi connectivity index (χ2v) is 0. The molecule has 0 saturated heterocycles. The number of hydrogen-bond donors (Lipinski definition) is 0. The van der Waals surface area contributed by atoms with Crippen molar-refractivity contribution in [2.75, 3.05) is 0 Å². The largest absolute Gasteiger partial charge is 0.316 e. The Morgan fingerprint density at radius 2 is 1.00 bits per heavy atom. The second-order valence-electron chi connectivity index (χ2n) is 0. The van der Waals surface area contributed by atoms with Crippen molar-refractivity contribution in [1.29, 1.82) is 0 Å². The molecular weight excluding hydrogens is 102 g/mol. The summed E-state index contributed by atoms with van der Waals surface area (Å²) in [4.78, 5) is 0. The van der Waals surface area contributed by atoms with Gasteiger partial charge in [0.1, 0.15) is 0 Å². The zero-order chi connectivity index (χ0) is 0. The molecule has 0 rings (SSSR count). The van der Waals surface area contributed by atoms with Crippen LogP contribution in [0.25, 0.3) is 0 Å². The number of hydrogen-bond acceptors (Lipinski definition) is 0. The first kappa shape index (κ1) is 40.3. The van der Waals surface area contributed by atoms with E-state index in [1.165, 1.54) is 0 Å². The van der Waals surface area contributed by atoms with Crippen LogP contribution in [0.15, 0.2) is 0 Å². The number of rotatable bonds is 0. The van der Waals surface area contributed by atoms with Gasteiger partial charge in [0.05, 0.1) is 0 Å². The molecule has 2 N–H and O–H groups in total. The summed E-state index contributed by atoms with van der Waals surface area (Å²) in [5, 5.41) is 0. The predicted molar refractivity (Wildman–Crippen MR) is 19.3 cm³/mol. The van der Waals surface area contributed by atoms with Crippen molar-refractivity contribution >= 4 is 41.9 Å². The van der Waals surface area contributed by atoms with Gasteiger partial charge >= 0.3 is 41.9 Å². The van der Waals surface area contributed by atoms with E-state index in [1.54, 1.807) is 0 Å². The summed E-state index contributed by atoms with van der Waals surface area (Å²) in [5.74, 6) is 0. The molecule has 0 atom stereocenters. The molecule has 0 bridgehead atoms. The Hall–Kier alpha value is 1.84. The van der Waals surface area contributed by atoms with E-state index in [4.69, 9.17) is 0 Å². The summed E-state index contributed by atoms with van der Waals surface area (Å²) >= 11 is 0. The van der Waals surface area contributed by atoms with Crippen LogP contribution < -0.4 is 0 Å². The van der Waals surface area contributed by atoms with E-state index in [0.717, 1.165) is 0 Å². The molecule has 0 spiro atoms. The van der Waals surface area contributed by atoms with Crippen molar-refractivity contribution in [3.05, 3.63) is 0 Å². The zero-order valence-corrected chi connectivity index (χ0v) is 2.06. The average molecular weight is 107 g/mol. The van der Waals surface area contributed by atoms with E-state index in [2.05, 4.69) is 0 Å². The van der Waals surface area contributed by atoms with E-state index in [1.807, 2.05) is 0 Å². The van der Waals surface area contributed by atoms with E-state index in [-0.39, 0.29) is 64.5 Å². The molecule has 0 aliphatic heterocycles. The maximum absolute atomic E-state index is 0. The summed E-state index contributed by atoms with van der Waals surface area (Å²) in [6.07, 6.45) is 0. The fourth-order valence-electron chi connectivity index (χ4n) is 0. The predicted octanol–water partition coefficient (Wildman–Crippen LogP) is -2.39. The molecule has 0 amide bonds. The fraction of sp³-hybridized carbons (Fsp3) is 0. The van der Waals surface area contributed by atoms with Gasteiger partial charge in [-0.1, -0.05) is 0 Å². The molecule has 0 heterocycles. The Bertz CT molecular complexity index is 8.00. The molecule has 4 heteroatoms. The van der Waals surface area contributed by atoms with Gasteiger partial charge in [0.2, 0.25) is 0 Å². The van der Waals surface area contributed by atoms with Crippen LogP contribution in [0.1, 0.15) is 0 Å². The van der Waals surface area contributed by atoms with Crippen molar-refractivity contribution in [2.24, 2.45) is 0 Å². The van der Waals surface area contributed by atoms with E-state index in [0.29, 0.717) is 0 Å². The van der Waals surface area contributed by atoms with Gasteiger partial charge in [0.15, 0.2) is 0 Å². The van der Waals surface area contributed by atoms with Crippen LogP contribution >= 0.6 is 0 Å². The third kappa shape index (κ3) is 9.14. The topological polar surface area (TPSA) is 31.5 Å². The van der Waals surface area contributed by atoms with Gasteiger partial charge in [-0.15, -0.1) is 0 Å². The van der Waals surface area contributed by atoms with Crippen molar-refractivity contribution in [3.63, 3.8) is 0 Å². The molecule has 0 aromatic carbocycles. The van der Waals surface area contributed by atoms with Crippen LogP contribution in [-0.2, 0) is 17.1 Å². The van der Waals surface area contributed by atoms with Gasteiger partial charge in [-0.2, -0.15) is 0 Å². The van der Waals surface area contributed by atoms with Crippen LogP contribution in [0.5, 0.6) is 0 Å². The molecule has 0 unspecified atom stereocenters. The van der Waals surface area contributed by atoms with Gasteiger partial charge in [-0.3, -0.25) is 0 Å². The standard InChI is InChI=1S/Li.Mg.Mn.H2O.3H/h;;;1H2;;;. The summed E-state index contributed by atoms with van der Waals surface area (Å²) in [6, 6.07) is 0. The maximum Gasteiger partial charge on any atom is 0.316 e. The van der Waals surface area contributed by atoms with Gasteiger partial charge < -0.3 is 5.48 Å². The Balaban J connectivity index is 0. The third-order valence-electron chi connectivity index (χ3n) is 0. The zero-order valence-electron chi connectivity index (χ0n) is 0.878. The normalized spacial score (nSPS) is 0. The van der Waals surface area contributed by atoms with Gasteiger partial charge in [0, 0.05) is 17.1 Å². The third-order valence-corrected chi connectivity index (χ3v) is 0. The quantitative estimate of drug-likeness (QED) is 0.309. The molecule has 1 nitrogen and oxygen atoms in total. The van der Waals surface area contributed by atoms with Crippen LogP contribution in [0, 0.1) is 0 Å². The SMILES string of the molecule is O.[LiH].[MgH2].[Mn]. The first-order valence-electron chi connectivity index (χ1n) is 0. The van der Waals surface area contributed by atoms with Crippen molar-refractivity contribution in [1.82, 2.24) is 0 Å². The molecule has 4 heavy (non-hydrogen) atoms. The second kappa shape index (κ2) is 21.1. The Labute approximate surface area is 64.0 Å². The Morgan fingerprint density at radius 1 is 1.00 bits per heavy atom. The molecule has 0 fully saturated rings. The molecule has 0 saturated carbocycles. The van der Waals surface area contributed by atoms with Crippen LogP contribution in [0.3, 0.4) is 0 Å². The molecule has 0 aromatic rings. The minimum absolute atomic E-state index is 0. The minimum Gasteiger partial charge on any atom is 0 e. The molecule has 0 aliphatic rings. The molecular formula is H5LiMgMnO. The van der Waals surface area contributed by atoms with Crippen molar-refractivity contribution in [3.8, 4) is 0 Å². The van der Waals surface area contributed by atoms with Crippen molar-refractivity contribution < 1.29 is 22.5 Å². The van der Waals surface area contributed by atoms with Crippen LogP contribution in [0.4, 0.5) is 0 Å². The Kier molecular flexibility index (Phi) is 212. The van der Waals surface area contributed by atoms with Crippen LogP contribution in [-0.4, -0.2) is 47.4 Å². The van der Waals surface area contributed by atoms with Gasteiger partial charge in [-0.05, 0) is 0 Å². The van der Waals surface area contributed by atoms with Gasteiger partial charge in [0.25, 0.3) is 0 Å². The molecule has 0 aromatic heterocycles. The summed E-state index contributed by atoms with van der Waals surface area (Å²) in [6.45, 7) is 0. The first-order valence-corrected chi connectivity index (χ1v) is 0. The monoisotopic (exact) mass is 107 g/mol. The van der Waals surface area contributed by atoms with Crippen LogP contribution in [0.2, 0.25) is 0 Å². The minimum atomic E-state index is 0. The van der Waals surface area contributed by atoms with Crippen molar-refractivity contribution in [2.45, 2.75) is 0 Å². The van der Waals surface area contributed by atoms with E-state index >= 15 is 0 Å². The molecule has 0 aliphatic carbocycles. The smallest absolute Gasteiger partial charge is 0 e. The maximum atomic E-state index is 0. The molecule has 1 radical (unpaired) electrons. The first-order chi connectivity index (χ1) is 0.